The molecular weight excluding hydrogens is 380 g/mol. The van der Waals surface area contributed by atoms with E-state index in [0.717, 1.165) is 0 Å². The van der Waals surface area contributed by atoms with Gasteiger partial charge >= 0.3 is 0 Å². The van der Waals surface area contributed by atoms with E-state index in [2.05, 4.69) is 15.6 Å². The van der Waals surface area contributed by atoms with Gasteiger partial charge in [0.1, 0.15) is 22.7 Å². The lowest BCUT2D eigenvalue weighted by Gasteiger charge is -2.22. The van der Waals surface area contributed by atoms with E-state index in [4.69, 9.17) is 4.74 Å². The summed E-state index contributed by atoms with van der Waals surface area (Å²) in [7, 11) is 1.57. The fraction of sp³-hybridized carbons (Fsp3) is 0.0435. The molecule has 146 valence electrons. The summed E-state index contributed by atoms with van der Waals surface area (Å²) in [6.45, 7) is 0. The Labute approximate surface area is 171 Å². The summed E-state index contributed by atoms with van der Waals surface area (Å²) < 4.78 is 6.69. The van der Waals surface area contributed by atoms with Crippen molar-refractivity contribution in [1.29, 1.82) is 0 Å². The van der Waals surface area contributed by atoms with E-state index >= 15 is 0 Å². The van der Waals surface area contributed by atoms with E-state index in [1.54, 1.807) is 61.7 Å². The largest absolute Gasteiger partial charge is 0.497 e. The molecule has 0 aliphatic heterocycles. The topological polar surface area (TPSA) is 86.1 Å². The maximum atomic E-state index is 13.5. The third-order valence-corrected chi connectivity index (χ3v) is 5.00. The number of carbonyl (C=O) groups is 2. The number of allylic oxidation sites excluding steroid dienone is 2. The summed E-state index contributed by atoms with van der Waals surface area (Å²) in [5.41, 5.74) is 2.85. The van der Waals surface area contributed by atoms with Gasteiger partial charge in [0.15, 0.2) is 0 Å². The lowest BCUT2D eigenvalue weighted by Crippen LogP contribution is -2.28. The minimum Gasteiger partial charge on any atom is -0.497 e. The van der Waals surface area contributed by atoms with Crippen LogP contribution >= 0.6 is 0 Å². The van der Waals surface area contributed by atoms with Crippen LogP contribution in [0.5, 0.6) is 5.75 Å². The first-order valence-corrected chi connectivity index (χ1v) is 9.32. The monoisotopic (exact) mass is 396 g/mol. The first kappa shape index (κ1) is 17.8. The molecule has 1 aromatic heterocycles. The van der Waals surface area contributed by atoms with E-state index in [9.17, 15) is 9.59 Å². The molecule has 0 saturated heterocycles. The van der Waals surface area contributed by atoms with Crippen molar-refractivity contribution in [2.75, 3.05) is 12.4 Å². The van der Waals surface area contributed by atoms with Gasteiger partial charge in [-0.1, -0.05) is 47.7 Å². The van der Waals surface area contributed by atoms with Gasteiger partial charge in [-0.25, -0.2) is 4.68 Å². The maximum absolute atomic E-state index is 13.5. The van der Waals surface area contributed by atoms with E-state index in [1.807, 2.05) is 18.2 Å². The van der Waals surface area contributed by atoms with Crippen molar-refractivity contribution >= 4 is 34.0 Å². The number of ketones is 2. The van der Waals surface area contributed by atoms with Crippen molar-refractivity contribution in [1.82, 2.24) is 15.0 Å². The van der Waals surface area contributed by atoms with Crippen LogP contribution in [0, 0.1) is 0 Å². The van der Waals surface area contributed by atoms with Crippen molar-refractivity contribution in [2.24, 2.45) is 0 Å². The first-order valence-electron chi connectivity index (χ1n) is 9.32. The van der Waals surface area contributed by atoms with Crippen LogP contribution in [0.25, 0.3) is 16.7 Å². The third kappa shape index (κ3) is 2.76. The summed E-state index contributed by atoms with van der Waals surface area (Å²) in [5, 5.41) is 11.4. The number of rotatable bonds is 4. The number of aromatic nitrogens is 3. The van der Waals surface area contributed by atoms with E-state index in [1.165, 1.54) is 4.68 Å². The fourth-order valence-corrected chi connectivity index (χ4v) is 3.56. The van der Waals surface area contributed by atoms with Crippen LogP contribution in [0.3, 0.4) is 0 Å². The number of ether oxygens (including phenoxy) is 1. The lowest BCUT2D eigenvalue weighted by molar-refractivity contribution is 0.0988. The van der Waals surface area contributed by atoms with Crippen LogP contribution in [0.1, 0.15) is 20.7 Å². The number of carbonyl (C=O) groups excluding carboxylic acids is 2. The predicted molar refractivity (Wildman–Crippen MR) is 112 cm³/mol. The Morgan fingerprint density at radius 2 is 1.60 bits per heavy atom. The molecule has 0 unspecified atom stereocenters. The highest BCUT2D eigenvalue weighted by Crippen LogP contribution is 2.31. The number of methoxy groups -OCH3 is 1. The molecule has 7 nitrogen and oxygen atoms in total. The molecule has 0 spiro atoms. The second-order valence-electron chi connectivity index (χ2n) is 6.77. The molecule has 3 aromatic carbocycles. The number of anilines is 1. The Morgan fingerprint density at radius 1 is 0.867 bits per heavy atom. The van der Waals surface area contributed by atoms with E-state index in [-0.39, 0.29) is 23.0 Å². The number of fused-ring (bicyclic) bond motifs is 2. The van der Waals surface area contributed by atoms with Gasteiger partial charge < -0.3 is 10.1 Å². The van der Waals surface area contributed by atoms with E-state index < -0.39 is 0 Å². The van der Waals surface area contributed by atoms with Gasteiger partial charge in [0.2, 0.25) is 11.6 Å². The minimum absolute atomic E-state index is 0.134. The zero-order valence-electron chi connectivity index (χ0n) is 16.0. The normalized spacial score (nSPS) is 13.5. The Hall–Kier alpha value is -4.26. The molecule has 0 amide bonds. The average Bonchev–Trinajstić information content (AvgIpc) is 3.21. The van der Waals surface area contributed by atoms with Gasteiger partial charge in [-0.2, -0.15) is 0 Å². The van der Waals surface area contributed by atoms with Gasteiger partial charge in [-0.3, -0.25) is 9.59 Å². The summed E-state index contributed by atoms with van der Waals surface area (Å²) in [5.74, 6) is 0.0391. The molecular formula is C23H16N4O3. The third-order valence-electron chi connectivity index (χ3n) is 5.00. The zero-order chi connectivity index (χ0) is 20.7. The molecule has 0 saturated carbocycles. The number of nitrogens with zero attached hydrogens (tertiary/aromatic N) is 3. The molecule has 7 heteroatoms. The highest BCUT2D eigenvalue weighted by Gasteiger charge is 2.34. The molecule has 30 heavy (non-hydrogen) atoms. The Morgan fingerprint density at radius 3 is 2.40 bits per heavy atom. The quantitative estimate of drug-likeness (QED) is 0.565. The van der Waals surface area contributed by atoms with Crippen LogP contribution < -0.4 is 10.1 Å². The maximum Gasteiger partial charge on any atom is 0.214 e. The molecule has 1 aliphatic rings. The predicted octanol–water partition coefficient (Wildman–Crippen LogP) is 3.80. The van der Waals surface area contributed by atoms with Crippen LogP contribution in [0.4, 0.5) is 5.69 Å². The molecule has 0 fully saturated rings. The van der Waals surface area contributed by atoms with Crippen molar-refractivity contribution in [3.8, 4) is 5.75 Å². The molecule has 1 N–H and O–H groups in total. The highest BCUT2D eigenvalue weighted by atomic mass is 16.5. The van der Waals surface area contributed by atoms with Crippen molar-refractivity contribution in [3.63, 3.8) is 0 Å². The van der Waals surface area contributed by atoms with Crippen LogP contribution in [0.15, 0.2) is 78.5 Å². The molecule has 0 radical (unpaired) electrons. The van der Waals surface area contributed by atoms with Crippen molar-refractivity contribution < 1.29 is 14.3 Å². The Balaban J connectivity index is 1.75. The second-order valence-corrected chi connectivity index (χ2v) is 6.77. The number of para-hydroxylation sites is 1. The summed E-state index contributed by atoms with van der Waals surface area (Å²) in [6.07, 6.45) is 0. The SMILES string of the molecule is COc1cccc(NC2=C(n3nnc4ccccc43)C(=O)c3ccccc3C2=O)c1. The van der Waals surface area contributed by atoms with Crippen molar-refractivity contribution in [3.05, 3.63) is 89.6 Å². The molecule has 4 aromatic rings. The standard InChI is InChI=1S/C23H16N4O3/c1-30-15-8-6-7-14(13-15)24-20-21(27-19-12-5-4-11-18(19)25-26-27)23(29)17-10-3-2-9-16(17)22(20)28/h2-13,24H,1H3. The summed E-state index contributed by atoms with van der Waals surface area (Å²) in [6, 6.07) is 21.2. The highest BCUT2D eigenvalue weighted by molar-refractivity contribution is 6.38. The summed E-state index contributed by atoms with van der Waals surface area (Å²) in [4.78, 5) is 26.9. The molecule has 1 heterocycles. The number of benzene rings is 3. The summed E-state index contributed by atoms with van der Waals surface area (Å²) >= 11 is 0. The van der Waals surface area contributed by atoms with Gasteiger partial charge in [0.05, 0.1) is 12.6 Å². The second kappa shape index (κ2) is 6.97. The average molecular weight is 396 g/mol. The van der Waals surface area contributed by atoms with Gasteiger partial charge in [-0.05, 0) is 24.3 Å². The van der Waals surface area contributed by atoms with E-state index in [0.29, 0.717) is 33.6 Å². The number of hydrogen-bond acceptors (Lipinski definition) is 6. The number of nitrogens with one attached hydrogen (secondary N) is 1. The molecule has 0 bridgehead atoms. The Kier molecular flexibility index (Phi) is 4.14. The number of Topliss-reactive ketones (excluding diaryl/α,β-unsaturated/α-hetero) is 2. The van der Waals surface area contributed by atoms with Crippen molar-refractivity contribution in [2.45, 2.75) is 0 Å². The van der Waals surface area contributed by atoms with Gasteiger partial charge in [0, 0.05) is 22.9 Å². The first-order chi connectivity index (χ1) is 14.7. The van der Waals surface area contributed by atoms with Gasteiger partial charge in [0.25, 0.3) is 0 Å². The number of hydrogen-bond donors (Lipinski definition) is 1. The fourth-order valence-electron chi connectivity index (χ4n) is 3.56. The molecule has 0 atom stereocenters. The molecule has 5 rings (SSSR count). The van der Waals surface area contributed by atoms with Gasteiger partial charge in [-0.15, -0.1) is 5.10 Å². The lowest BCUT2D eigenvalue weighted by atomic mass is 9.90. The molecule has 1 aliphatic carbocycles. The van der Waals surface area contributed by atoms with Crippen LogP contribution in [-0.4, -0.2) is 33.7 Å². The smallest absolute Gasteiger partial charge is 0.214 e. The zero-order valence-corrected chi connectivity index (χ0v) is 16.0. The van der Waals surface area contributed by atoms with Crippen LogP contribution in [0.2, 0.25) is 0 Å². The van der Waals surface area contributed by atoms with Crippen LogP contribution in [-0.2, 0) is 0 Å². The minimum atomic E-state index is -0.300. The Bertz CT molecular complexity index is 1350.